The van der Waals surface area contributed by atoms with Crippen LogP contribution in [0.3, 0.4) is 0 Å². The standard InChI is InChI=1S/C15H13BrO3/c16-15(11-17,12-7-3-1-4-8-12)14(18)19-13-9-5-2-6-10-13/h1-10,17H,11H2. The fraction of sp³-hybridized carbons (Fsp3) is 0.133. The molecule has 0 aromatic heterocycles. The molecule has 0 heterocycles. The van der Waals surface area contributed by atoms with Crippen LogP contribution in [0.15, 0.2) is 60.7 Å². The second kappa shape index (κ2) is 5.99. The van der Waals surface area contributed by atoms with Gasteiger partial charge in [-0.15, -0.1) is 0 Å². The van der Waals surface area contributed by atoms with Crippen molar-refractivity contribution in [1.82, 2.24) is 0 Å². The van der Waals surface area contributed by atoms with Crippen LogP contribution in [0.25, 0.3) is 0 Å². The summed E-state index contributed by atoms with van der Waals surface area (Å²) in [6.07, 6.45) is 0. The Kier molecular flexibility index (Phi) is 4.35. The van der Waals surface area contributed by atoms with E-state index in [2.05, 4.69) is 15.9 Å². The molecule has 2 aromatic carbocycles. The van der Waals surface area contributed by atoms with Crippen molar-refractivity contribution in [3.63, 3.8) is 0 Å². The lowest BCUT2D eigenvalue weighted by Crippen LogP contribution is -2.36. The van der Waals surface area contributed by atoms with Gasteiger partial charge in [-0.05, 0) is 17.7 Å². The second-order valence-electron chi connectivity index (χ2n) is 4.03. The fourth-order valence-electron chi connectivity index (χ4n) is 1.65. The minimum atomic E-state index is -1.25. The highest BCUT2D eigenvalue weighted by Crippen LogP contribution is 2.32. The molecule has 0 aliphatic heterocycles. The van der Waals surface area contributed by atoms with Crippen molar-refractivity contribution >= 4 is 21.9 Å². The van der Waals surface area contributed by atoms with Crippen molar-refractivity contribution in [2.45, 2.75) is 4.32 Å². The van der Waals surface area contributed by atoms with E-state index >= 15 is 0 Å². The van der Waals surface area contributed by atoms with E-state index in [1.54, 1.807) is 48.5 Å². The lowest BCUT2D eigenvalue weighted by molar-refractivity contribution is -0.138. The number of para-hydroxylation sites is 1. The largest absolute Gasteiger partial charge is 0.425 e. The predicted molar refractivity (Wildman–Crippen MR) is 76.2 cm³/mol. The molecule has 2 rings (SSSR count). The van der Waals surface area contributed by atoms with Crippen molar-refractivity contribution in [3.8, 4) is 5.75 Å². The van der Waals surface area contributed by atoms with Crippen LogP contribution in [0.4, 0.5) is 0 Å². The normalized spacial score (nSPS) is 13.6. The number of hydrogen-bond acceptors (Lipinski definition) is 3. The molecule has 1 atom stereocenters. The molecule has 0 radical (unpaired) electrons. The second-order valence-corrected chi connectivity index (χ2v) is 5.38. The van der Waals surface area contributed by atoms with E-state index in [0.717, 1.165) is 0 Å². The number of ether oxygens (including phenoxy) is 1. The van der Waals surface area contributed by atoms with Gasteiger partial charge in [0.1, 0.15) is 5.75 Å². The van der Waals surface area contributed by atoms with Gasteiger partial charge >= 0.3 is 5.97 Å². The fourth-order valence-corrected chi connectivity index (χ4v) is 2.00. The van der Waals surface area contributed by atoms with Crippen LogP contribution in [0.5, 0.6) is 5.75 Å². The summed E-state index contributed by atoms with van der Waals surface area (Å²) in [7, 11) is 0. The summed E-state index contributed by atoms with van der Waals surface area (Å²) in [6.45, 7) is -0.386. The highest BCUT2D eigenvalue weighted by Gasteiger charge is 2.39. The first-order valence-corrected chi connectivity index (χ1v) is 6.59. The van der Waals surface area contributed by atoms with Crippen LogP contribution >= 0.6 is 15.9 Å². The van der Waals surface area contributed by atoms with Crippen molar-refractivity contribution < 1.29 is 14.6 Å². The van der Waals surface area contributed by atoms with Crippen LogP contribution < -0.4 is 4.74 Å². The third kappa shape index (κ3) is 3.03. The molecule has 0 fully saturated rings. The van der Waals surface area contributed by atoms with E-state index in [-0.39, 0.29) is 6.61 Å². The van der Waals surface area contributed by atoms with Crippen molar-refractivity contribution in [1.29, 1.82) is 0 Å². The van der Waals surface area contributed by atoms with Crippen LogP contribution in [0, 0.1) is 0 Å². The number of esters is 1. The van der Waals surface area contributed by atoms with Gasteiger partial charge in [-0.2, -0.15) is 0 Å². The molecular weight excluding hydrogens is 308 g/mol. The number of halogens is 1. The molecule has 0 aliphatic carbocycles. The van der Waals surface area contributed by atoms with Gasteiger partial charge in [0.15, 0.2) is 4.32 Å². The number of benzene rings is 2. The maximum atomic E-state index is 12.2. The van der Waals surface area contributed by atoms with Gasteiger partial charge in [-0.25, -0.2) is 4.79 Å². The Labute approximate surface area is 120 Å². The predicted octanol–water partition coefficient (Wildman–Crippen LogP) is 2.87. The third-order valence-electron chi connectivity index (χ3n) is 2.73. The Morgan fingerprint density at radius 1 is 1.05 bits per heavy atom. The summed E-state index contributed by atoms with van der Waals surface area (Å²) in [4.78, 5) is 12.2. The highest BCUT2D eigenvalue weighted by atomic mass is 79.9. The first-order valence-electron chi connectivity index (χ1n) is 5.79. The van der Waals surface area contributed by atoms with Crippen molar-refractivity contribution in [2.24, 2.45) is 0 Å². The van der Waals surface area contributed by atoms with Gasteiger partial charge in [-0.3, -0.25) is 0 Å². The van der Waals surface area contributed by atoms with E-state index in [1.807, 2.05) is 12.1 Å². The summed E-state index contributed by atoms with van der Waals surface area (Å²) >= 11 is 3.29. The molecule has 19 heavy (non-hydrogen) atoms. The molecule has 1 N–H and O–H groups in total. The van der Waals surface area contributed by atoms with E-state index in [0.29, 0.717) is 11.3 Å². The Bertz CT molecular complexity index is 542. The lowest BCUT2D eigenvalue weighted by atomic mass is 10.00. The third-order valence-corrected chi connectivity index (χ3v) is 3.76. The Morgan fingerprint density at radius 2 is 1.58 bits per heavy atom. The molecular formula is C15H13BrO3. The Balaban J connectivity index is 2.24. The number of aliphatic hydroxyl groups excluding tert-OH is 1. The van der Waals surface area contributed by atoms with E-state index in [1.165, 1.54) is 0 Å². The number of rotatable bonds is 4. The molecule has 3 nitrogen and oxygen atoms in total. The molecule has 1 unspecified atom stereocenters. The molecule has 98 valence electrons. The van der Waals surface area contributed by atoms with Crippen LogP contribution in [0.2, 0.25) is 0 Å². The zero-order chi connectivity index (χ0) is 13.7. The summed E-state index contributed by atoms with van der Waals surface area (Å²) in [5.74, 6) is -0.104. The first kappa shape index (κ1) is 13.8. The molecule has 0 saturated heterocycles. The van der Waals surface area contributed by atoms with Gasteiger partial charge < -0.3 is 9.84 Å². The smallest absolute Gasteiger partial charge is 0.335 e. The number of carbonyl (C=O) groups excluding carboxylic acids is 1. The van der Waals surface area contributed by atoms with Crippen molar-refractivity contribution in [3.05, 3.63) is 66.2 Å². The number of alkyl halides is 1. The van der Waals surface area contributed by atoms with Gasteiger partial charge in [0.05, 0.1) is 6.61 Å². The molecule has 0 aliphatic rings. The zero-order valence-corrected chi connectivity index (χ0v) is 11.7. The summed E-state index contributed by atoms with van der Waals surface area (Å²) in [6, 6.07) is 17.7. The number of aliphatic hydroxyl groups is 1. The average molecular weight is 321 g/mol. The van der Waals surface area contributed by atoms with Gasteiger partial charge in [0.25, 0.3) is 0 Å². The maximum absolute atomic E-state index is 12.2. The monoisotopic (exact) mass is 320 g/mol. The van der Waals surface area contributed by atoms with Crippen LogP contribution in [0.1, 0.15) is 5.56 Å². The van der Waals surface area contributed by atoms with Gasteiger partial charge in [0, 0.05) is 0 Å². The van der Waals surface area contributed by atoms with Gasteiger partial charge in [-0.1, -0.05) is 64.5 Å². The molecule has 0 bridgehead atoms. The van der Waals surface area contributed by atoms with E-state index in [4.69, 9.17) is 4.74 Å². The molecule has 0 saturated carbocycles. The molecule has 0 amide bonds. The Hall–Kier alpha value is -1.65. The van der Waals surface area contributed by atoms with Crippen LogP contribution in [-0.2, 0) is 9.12 Å². The van der Waals surface area contributed by atoms with E-state index in [9.17, 15) is 9.90 Å². The molecule has 2 aromatic rings. The summed E-state index contributed by atoms with van der Waals surface area (Å²) in [5, 5.41) is 9.54. The summed E-state index contributed by atoms with van der Waals surface area (Å²) < 4.78 is 4.03. The molecule has 0 spiro atoms. The topological polar surface area (TPSA) is 46.5 Å². The zero-order valence-electron chi connectivity index (χ0n) is 10.1. The number of carbonyl (C=O) groups is 1. The number of hydrogen-bond donors (Lipinski definition) is 1. The van der Waals surface area contributed by atoms with Crippen LogP contribution in [-0.4, -0.2) is 17.7 Å². The lowest BCUT2D eigenvalue weighted by Gasteiger charge is -2.23. The molecule has 4 heteroatoms. The minimum Gasteiger partial charge on any atom is -0.425 e. The minimum absolute atomic E-state index is 0.386. The van der Waals surface area contributed by atoms with Crippen molar-refractivity contribution in [2.75, 3.05) is 6.61 Å². The van der Waals surface area contributed by atoms with E-state index < -0.39 is 10.3 Å². The average Bonchev–Trinajstić information content (AvgIpc) is 2.48. The maximum Gasteiger partial charge on any atom is 0.335 e. The quantitative estimate of drug-likeness (QED) is 0.535. The summed E-state index contributed by atoms with van der Waals surface area (Å²) in [5.41, 5.74) is 0.651. The highest BCUT2D eigenvalue weighted by molar-refractivity contribution is 9.10. The van der Waals surface area contributed by atoms with Gasteiger partial charge in [0.2, 0.25) is 0 Å². The Morgan fingerprint density at radius 3 is 2.11 bits per heavy atom. The SMILES string of the molecule is O=C(Oc1ccccc1)C(Br)(CO)c1ccccc1. The first-order chi connectivity index (χ1) is 9.16.